The van der Waals surface area contributed by atoms with Crippen molar-refractivity contribution in [3.8, 4) is 0 Å². The molecule has 2 saturated heterocycles. The molecule has 114 valence electrons. The summed E-state index contributed by atoms with van der Waals surface area (Å²) in [5.74, 6) is -0.415. The van der Waals surface area contributed by atoms with Gasteiger partial charge in [-0.15, -0.1) is 0 Å². The molecule has 2 unspecified atom stereocenters. The largest absolute Gasteiger partial charge is 0.457 e. The number of ether oxygens (including phenoxy) is 3. The molecule has 0 aromatic rings. The molecule has 2 fully saturated rings. The molecule has 0 aliphatic carbocycles. The first-order chi connectivity index (χ1) is 9.37. The molecule has 5 heteroatoms. The first-order valence-electron chi connectivity index (χ1n) is 7.40. The summed E-state index contributed by atoms with van der Waals surface area (Å²) in [7, 11) is 0. The van der Waals surface area contributed by atoms with Crippen molar-refractivity contribution >= 4 is 11.9 Å². The van der Waals surface area contributed by atoms with Crippen molar-refractivity contribution in [3.63, 3.8) is 0 Å². The Morgan fingerprint density at radius 2 is 2.20 bits per heavy atom. The average Bonchev–Trinajstić information content (AvgIpc) is 2.91. The zero-order chi connectivity index (χ0) is 14.9. The second kappa shape index (κ2) is 5.72. The molecular formula is C15H24O5. The van der Waals surface area contributed by atoms with E-state index in [2.05, 4.69) is 13.8 Å². The van der Waals surface area contributed by atoms with Crippen LogP contribution in [0.2, 0.25) is 0 Å². The van der Waals surface area contributed by atoms with E-state index in [-0.39, 0.29) is 12.1 Å². The van der Waals surface area contributed by atoms with Crippen LogP contribution in [-0.4, -0.2) is 36.9 Å². The number of rotatable bonds is 5. The van der Waals surface area contributed by atoms with Crippen molar-refractivity contribution in [2.45, 2.75) is 65.3 Å². The number of carbonyl (C=O) groups is 2. The summed E-state index contributed by atoms with van der Waals surface area (Å²) in [6, 6.07) is 0. The van der Waals surface area contributed by atoms with Gasteiger partial charge in [0.2, 0.25) is 6.10 Å². The van der Waals surface area contributed by atoms with E-state index in [9.17, 15) is 9.59 Å². The second-order valence-corrected chi connectivity index (χ2v) is 6.44. The van der Waals surface area contributed by atoms with Crippen molar-refractivity contribution in [1.29, 1.82) is 0 Å². The Morgan fingerprint density at radius 3 is 2.80 bits per heavy atom. The highest BCUT2D eigenvalue weighted by molar-refractivity contribution is 5.84. The van der Waals surface area contributed by atoms with Gasteiger partial charge in [-0.1, -0.05) is 20.8 Å². The van der Waals surface area contributed by atoms with Crippen LogP contribution in [-0.2, 0) is 23.8 Å². The highest BCUT2D eigenvalue weighted by Crippen LogP contribution is 2.35. The Morgan fingerprint density at radius 1 is 1.50 bits per heavy atom. The van der Waals surface area contributed by atoms with Crippen LogP contribution in [0.25, 0.3) is 0 Å². The monoisotopic (exact) mass is 284 g/mol. The van der Waals surface area contributed by atoms with Crippen LogP contribution in [0.15, 0.2) is 0 Å². The number of fused-ring (bicyclic) bond motifs is 1. The van der Waals surface area contributed by atoms with Crippen molar-refractivity contribution in [1.82, 2.24) is 0 Å². The Labute approximate surface area is 120 Å². The number of hydrogen-bond acceptors (Lipinski definition) is 5. The normalized spacial score (nSPS) is 31.9. The Hall–Kier alpha value is -1.10. The minimum atomic E-state index is -0.895. The van der Waals surface area contributed by atoms with Gasteiger partial charge < -0.3 is 14.2 Å². The molecule has 2 rings (SSSR count). The zero-order valence-electron chi connectivity index (χ0n) is 12.7. The van der Waals surface area contributed by atoms with Gasteiger partial charge in [-0.25, -0.2) is 4.79 Å². The quantitative estimate of drug-likeness (QED) is 0.723. The number of esters is 2. The third-order valence-electron chi connectivity index (χ3n) is 4.24. The van der Waals surface area contributed by atoms with Crippen LogP contribution in [0.4, 0.5) is 0 Å². The molecule has 2 heterocycles. The molecule has 0 spiro atoms. The third-order valence-corrected chi connectivity index (χ3v) is 4.24. The highest BCUT2D eigenvalue weighted by atomic mass is 16.7. The van der Waals surface area contributed by atoms with Crippen LogP contribution in [0.5, 0.6) is 0 Å². The maximum atomic E-state index is 12.4. The standard InChI is InChI=1S/C15H24O5/c1-5-15(4,8-9(2)3)14(17)20-12-11-10(6-7-18-11)19-13(12)16/h9-12H,5-8H2,1-4H3/t10-,11+,12?,15?/m1/s1. The van der Waals surface area contributed by atoms with E-state index in [0.717, 1.165) is 6.42 Å². The lowest BCUT2D eigenvalue weighted by atomic mass is 9.80. The molecule has 0 aromatic carbocycles. The summed E-state index contributed by atoms with van der Waals surface area (Å²) in [4.78, 5) is 24.2. The van der Waals surface area contributed by atoms with Gasteiger partial charge in [-0.2, -0.15) is 0 Å². The predicted octanol–water partition coefficient (Wildman–Crippen LogP) is 2.07. The van der Waals surface area contributed by atoms with E-state index >= 15 is 0 Å². The topological polar surface area (TPSA) is 61.8 Å². The lowest BCUT2D eigenvalue weighted by Gasteiger charge is -2.29. The van der Waals surface area contributed by atoms with E-state index in [0.29, 0.717) is 25.4 Å². The van der Waals surface area contributed by atoms with E-state index in [1.54, 1.807) is 0 Å². The molecule has 0 radical (unpaired) electrons. The molecule has 0 amide bonds. The van der Waals surface area contributed by atoms with Crippen LogP contribution in [0.1, 0.15) is 47.0 Å². The highest BCUT2D eigenvalue weighted by Gasteiger charge is 2.52. The summed E-state index contributed by atoms with van der Waals surface area (Å²) in [5, 5.41) is 0. The molecule has 4 atom stereocenters. The maximum Gasteiger partial charge on any atom is 0.350 e. The van der Waals surface area contributed by atoms with Crippen molar-refractivity contribution in [3.05, 3.63) is 0 Å². The minimum Gasteiger partial charge on any atom is -0.457 e. The van der Waals surface area contributed by atoms with Crippen molar-refractivity contribution < 1.29 is 23.8 Å². The molecule has 0 N–H and O–H groups in total. The lowest BCUT2D eigenvalue weighted by molar-refractivity contribution is -0.173. The summed E-state index contributed by atoms with van der Waals surface area (Å²) in [6.45, 7) is 8.55. The first-order valence-corrected chi connectivity index (χ1v) is 7.40. The SMILES string of the molecule is CCC(C)(CC(C)C)C(=O)OC1C(=O)O[C@@H]2CCO[C@H]12. The van der Waals surface area contributed by atoms with Gasteiger partial charge in [0.05, 0.1) is 12.0 Å². The van der Waals surface area contributed by atoms with Crippen LogP contribution in [0.3, 0.4) is 0 Å². The molecule has 5 nitrogen and oxygen atoms in total. The van der Waals surface area contributed by atoms with Gasteiger partial charge in [0.1, 0.15) is 12.2 Å². The fraction of sp³-hybridized carbons (Fsp3) is 0.867. The van der Waals surface area contributed by atoms with Gasteiger partial charge in [-0.3, -0.25) is 4.79 Å². The Balaban J connectivity index is 2.04. The predicted molar refractivity (Wildman–Crippen MR) is 72.0 cm³/mol. The van der Waals surface area contributed by atoms with E-state index in [1.165, 1.54) is 0 Å². The Bertz CT molecular complexity index is 392. The van der Waals surface area contributed by atoms with Gasteiger partial charge >= 0.3 is 11.9 Å². The summed E-state index contributed by atoms with van der Waals surface area (Å²) >= 11 is 0. The van der Waals surface area contributed by atoms with E-state index < -0.39 is 23.6 Å². The van der Waals surface area contributed by atoms with Gasteiger partial charge in [-0.05, 0) is 25.7 Å². The molecule has 0 aromatic heterocycles. The summed E-state index contributed by atoms with van der Waals surface area (Å²) in [5.41, 5.74) is -0.564. The van der Waals surface area contributed by atoms with Crippen molar-refractivity contribution in [2.24, 2.45) is 11.3 Å². The smallest absolute Gasteiger partial charge is 0.350 e. The van der Waals surface area contributed by atoms with Crippen LogP contribution in [0, 0.1) is 11.3 Å². The molecule has 0 bridgehead atoms. The molecule has 20 heavy (non-hydrogen) atoms. The fourth-order valence-corrected chi connectivity index (χ4v) is 3.00. The molecule has 2 aliphatic rings. The van der Waals surface area contributed by atoms with Gasteiger partial charge in [0.15, 0.2) is 0 Å². The number of carbonyl (C=O) groups excluding carboxylic acids is 2. The second-order valence-electron chi connectivity index (χ2n) is 6.44. The molecular weight excluding hydrogens is 260 g/mol. The van der Waals surface area contributed by atoms with Gasteiger partial charge in [0.25, 0.3) is 0 Å². The average molecular weight is 284 g/mol. The van der Waals surface area contributed by atoms with Gasteiger partial charge in [0, 0.05) is 6.42 Å². The van der Waals surface area contributed by atoms with E-state index in [4.69, 9.17) is 14.2 Å². The molecule has 2 aliphatic heterocycles. The summed E-state index contributed by atoms with van der Waals surface area (Å²) < 4.78 is 16.1. The minimum absolute atomic E-state index is 0.252. The number of hydrogen-bond donors (Lipinski definition) is 0. The van der Waals surface area contributed by atoms with Crippen molar-refractivity contribution in [2.75, 3.05) is 6.61 Å². The molecule has 0 saturated carbocycles. The lowest BCUT2D eigenvalue weighted by Crippen LogP contribution is -2.40. The maximum absolute atomic E-state index is 12.4. The van der Waals surface area contributed by atoms with Crippen LogP contribution >= 0.6 is 0 Å². The third kappa shape index (κ3) is 2.82. The Kier molecular flexibility index (Phi) is 4.37. The first kappa shape index (κ1) is 15.3. The summed E-state index contributed by atoms with van der Waals surface area (Å²) in [6.07, 6.45) is 0.527. The van der Waals surface area contributed by atoms with E-state index in [1.807, 2.05) is 13.8 Å². The fourth-order valence-electron chi connectivity index (χ4n) is 3.00. The zero-order valence-corrected chi connectivity index (χ0v) is 12.7. The van der Waals surface area contributed by atoms with Crippen LogP contribution < -0.4 is 0 Å².